The largest absolute Gasteiger partial charge is 0.496 e. The lowest BCUT2D eigenvalue weighted by Crippen LogP contribution is -2.52. The standard InChI is InChI=1S/C21H22ClN3O6/c1-28-17-12-18(29-2)14(22)10-13(17)15-11-19(31-23-15)21(27)25-7-5-24(6-8-25)20(26)16-4-3-9-30-16/h3-4,9-12,19,23H,5-8H2,1-2H3/t19-/m1/s1. The number of furan rings is 1. The van der Waals surface area contributed by atoms with E-state index in [2.05, 4.69) is 5.48 Å². The molecule has 0 spiro atoms. The number of nitrogens with zero attached hydrogens (tertiary/aromatic N) is 2. The fraction of sp³-hybridized carbons (Fsp3) is 0.333. The Morgan fingerprint density at radius 1 is 1.10 bits per heavy atom. The van der Waals surface area contributed by atoms with E-state index < -0.39 is 6.10 Å². The Morgan fingerprint density at radius 2 is 1.81 bits per heavy atom. The summed E-state index contributed by atoms with van der Waals surface area (Å²) in [6.07, 6.45) is 2.35. The van der Waals surface area contributed by atoms with Gasteiger partial charge in [0.1, 0.15) is 11.5 Å². The van der Waals surface area contributed by atoms with E-state index in [9.17, 15) is 9.59 Å². The number of benzene rings is 1. The Bertz CT molecular complexity index is 999. The average Bonchev–Trinajstić information content (AvgIpc) is 3.50. The predicted octanol–water partition coefficient (Wildman–Crippen LogP) is 2.18. The number of amides is 2. The number of ether oxygens (including phenoxy) is 2. The van der Waals surface area contributed by atoms with E-state index in [-0.39, 0.29) is 11.8 Å². The quantitative estimate of drug-likeness (QED) is 0.750. The molecule has 9 nitrogen and oxygen atoms in total. The van der Waals surface area contributed by atoms with Gasteiger partial charge in [-0.2, -0.15) is 0 Å². The van der Waals surface area contributed by atoms with Gasteiger partial charge in [-0.25, -0.2) is 0 Å². The lowest BCUT2D eigenvalue weighted by atomic mass is 10.1. The molecule has 4 rings (SSSR count). The van der Waals surface area contributed by atoms with Crippen LogP contribution in [-0.4, -0.2) is 68.1 Å². The predicted molar refractivity (Wildman–Crippen MR) is 112 cm³/mol. The molecule has 1 saturated heterocycles. The van der Waals surface area contributed by atoms with Crippen molar-refractivity contribution in [2.45, 2.75) is 6.10 Å². The van der Waals surface area contributed by atoms with E-state index in [0.717, 1.165) is 0 Å². The second kappa shape index (κ2) is 8.91. The van der Waals surface area contributed by atoms with Gasteiger partial charge in [-0.15, -0.1) is 0 Å². The van der Waals surface area contributed by atoms with E-state index in [0.29, 0.717) is 59.7 Å². The van der Waals surface area contributed by atoms with Crippen LogP contribution in [0.25, 0.3) is 5.70 Å². The fourth-order valence-electron chi connectivity index (χ4n) is 3.55. The lowest BCUT2D eigenvalue weighted by molar-refractivity contribution is -0.143. The van der Waals surface area contributed by atoms with Crippen LogP contribution in [0.3, 0.4) is 0 Å². The molecule has 1 fully saturated rings. The number of halogens is 1. The molecule has 1 atom stereocenters. The molecule has 1 N–H and O–H groups in total. The van der Waals surface area contributed by atoms with Crippen LogP contribution in [-0.2, 0) is 9.63 Å². The smallest absolute Gasteiger partial charge is 0.289 e. The minimum absolute atomic E-state index is 0.179. The highest BCUT2D eigenvalue weighted by molar-refractivity contribution is 6.32. The zero-order chi connectivity index (χ0) is 22.0. The molecule has 2 aliphatic heterocycles. The summed E-state index contributed by atoms with van der Waals surface area (Å²) in [5.41, 5.74) is 4.01. The van der Waals surface area contributed by atoms with Crippen molar-refractivity contribution >= 4 is 29.1 Å². The van der Waals surface area contributed by atoms with Gasteiger partial charge in [-0.3, -0.25) is 19.9 Å². The van der Waals surface area contributed by atoms with Crippen LogP contribution in [0, 0.1) is 0 Å². The zero-order valence-corrected chi connectivity index (χ0v) is 17.8. The van der Waals surface area contributed by atoms with Crippen LogP contribution in [0.2, 0.25) is 5.02 Å². The number of hydrogen-bond acceptors (Lipinski definition) is 7. The minimum Gasteiger partial charge on any atom is -0.496 e. The molecule has 0 aliphatic carbocycles. The first-order valence-electron chi connectivity index (χ1n) is 9.68. The van der Waals surface area contributed by atoms with Gasteiger partial charge in [0, 0.05) is 37.8 Å². The molecule has 0 bridgehead atoms. The van der Waals surface area contributed by atoms with Crippen molar-refractivity contribution in [1.82, 2.24) is 15.3 Å². The molecule has 10 heteroatoms. The zero-order valence-electron chi connectivity index (χ0n) is 17.1. The molecule has 2 aliphatic rings. The molecule has 31 heavy (non-hydrogen) atoms. The van der Waals surface area contributed by atoms with E-state index >= 15 is 0 Å². The number of rotatable bonds is 5. The lowest BCUT2D eigenvalue weighted by Gasteiger charge is -2.35. The van der Waals surface area contributed by atoms with E-state index in [4.69, 9.17) is 30.3 Å². The van der Waals surface area contributed by atoms with Gasteiger partial charge in [0.25, 0.3) is 11.8 Å². The number of carbonyl (C=O) groups is 2. The molecular weight excluding hydrogens is 426 g/mol. The number of piperazine rings is 1. The van der Waals surface area contributed by atoms with Crippen LogP contribution in [0.1, 0.15) is 16.1 Å². The maximum absolute atomic E-state index is 12.9. The van der Waals surface area contributed by atoms with E-state index in [1.54, 1.807) is 40.1 Å². The minimum atomic E-state index is -0.798. The Morgan fingerprint density at radius 3 is 2.45 bits per heavy atom. The Kier molecular flexibility index (Phi) is 6.06. The van der Waals surface area contributed by atoms with Gasteiger partial charge in [0.05, 0.1) is 31.2 Å². The van der Waals surface area contributed by atoms with Crippen LogP contribution in [0.5, 0.6) is 11.5 Å². The summed E-state index contributed by atoms with van der Waals surface area (Å²) in [7, 11) is 3.06. The molecular formula is C21H22ClN3O6. The van der Waals surface area contributed by atoms with Gasteiger partial charge >= 0.3 is 0 Å². The number of nitrogens with one attached hydrogen (secondary N) is 1. The van der Waals surface area contributed by atoms with Crippen molar-refractivity contribution < 1.29 is 28.3 Å². The topological polar surface area (TPSA) is 93.5 Å². The molecule has 1 aromatic heterocycles. The summed E-state index contributed by atoms with van der Waals surface area (Å²) < 4.78 is 15.8. The highest BCUT2D eigenvalue weighted by Gasteiger charge is 2.33. The van der Waals surface area contributed by atoms with Crippen molar-refractivity contribution in [3.8, 4) is 11.5 Å². The SMILES string of the molecule is COc1cc(OC)c(C2=C[C@H](C(=O)N3CCN(C(=O)c4ccco4)CC3)ON2)cc1Cl. The Hall–Kier alpha value is -3.17. The fourth-order valence-corrected chi connectivity index (χ4v) is 3.79. The first kappa shape index (κ1) is 21.1. The third-order valence-electron chi connectivity index (χ3n) is 5.23. The van der Waals surface area contributed by atoms with Gasteiger partial charge in [-0.1, -0.05) is 11.6 Å². The summed E-state index contributed by atoms with van der Waals surface area (Å²) in [4.78, 5) is 34.2. The summed E-state index contributed by atoms with van der Waals surface area (Å²) in [5, 5.41) is 0.410. The summed E-state index contributed by atoms with van der Waals surface area (Å²) in [5.74, 6) is 0.939. The van der Waals surface area contributed by atoms with Gasteiger partial charge in [0.2, 0.25) is 0 Å². The third kappa shape index (κ3) is 4.19. The molecule has 3 heterocycles. The monoisotopic (exact) mass is 447 g/mol. The average molecular weight is 448 g/mol. The van der Waals surface area contributed by atoms with Crippen molar-refractivity contribution in [2.75, 3.05) is 40.4 Å². The van der Waals surface area contributed by atoms with Crippen LogP contribution in [0.15, 0.2) is 41.0 Å². The number of hydrogen-bond donors (Lipinski definition) is 1. The normalized spacial score (nSPS) is 18.4. The maximum atomic E-state index is 12.9. The molecule has 1 aromatic carbocycles. The van der Waals surface area contributed by atoms with Crippen molar-refractivity contribution in [1.29, 1.82) is 0 Å². The summed E-state index contributed by atoms with van der Waals surface area (Å²) in [6, 6.07) is 6.66. The van der Waals surface area contributed by atoms with Gasteiger partial charge < -0.3 is 23.7 Å². The summed E-state index contributed by atoms with van der Waals surface area (Å²) >= 11 is 6.24. The molecule has 2 amide bonds. The van der Waals surface area contributed by atoms with Crippen LogP contribution in [0.4, 0.5) is 0 Å². The highest BCUT2D eigenvalue weighted by atomic mass is 35.5. The second-order valence-corrected chi connectivity index (χ2v) is 7.41. The number of carbonyl (C=O) groups excluding carboxylic acids is 2. The third-order valence-corrected chi connectivity index (χ3v) is 5.53. The number of methoxy groups -OCH3 is 2. The summed E-state index contributed by atoms with van der Waals surface area (Å²) in [6.45, 7) is 1.66. The second-order valence-electron chi connectivity index (χ2n) is 7.00. The molecule has 2 aromatic rings. The maximum Gasteiger partial charge on any atom is 0.289 e. The van der Waals surface area contributed by atoms with Crippen molar-refractivity contribution in [3.05, 3.63) is 53.0 Å². The Balaban J connectivity index is 1.42. The highest BCUT2D eigenvalue weighted by Crippen LogP contribution is 2.36. The van der Waals surface area contributed by atoms with Gasteiger partial charge in [0.15, 0.2) is 11.9 Å². The van der Waals surface area contributed by atoms with E-state index in [1.165, 1.54) is 20.5 Å². The van der Waals surface area contributed by atoms with E-state index in [1.807, 2.05) is 0 Å². The van der Waals surface area contributed by atoms with Crippen molar-refractivity contribution in [2.24, 2.45) is 0 Å². The molecule has 0 saturated carbocycles. The van der Waals surface area contributed by atoms with Crippen LogP contribution < -0.4 is 15.0 Å². The Labute approximate surface area is 184 Å². The first-order valence-corrected chi connectivity index (χ1v) is 10.1. The molecule has 0 unspecified atom stereocenters. The first-order chi connectivity index (χ1) is 15.0. The van der Waals surface area contributed by atoms with Gasteiger partial charge in [-0.05, 0) is 24.3 Å². The molecule has 0 radical (unpaired) electrons. The van der Waals surface area contributed by atoms with Crippen LogP contribution >= 0.6 is 11.6 Å². The number of hydroxylamine groups is 1. The van der Waals surface area contributed by atoms with Crippen molar-refractivity contribution in [3.63, 3.8) is 0 Å². The molecule has 164 valence electrons.